The molecule has 31 heavy (non-hydrogen) atoms. The van der Waals surface area contributed by atoms with Crippen molar-refractivity contribution >= 4 is 11.6 Å². The summed E-state index contributed by atoms with van der Waals surface area (Å²) in [5.74, 6) is 0.902. The van der Waals surface area contributed by atoms with Gasteiger partial charge >= 0.3 is 0 Å². The Balaban J connectivity index is 1.20. The summed E-state index contributed by atoms with van der Waals surface area (Å²) in [6, 6.07) is 15.0. The molecule has 0 saturated carbocycles. The molecular formula is C24H31FN4O2. The van der Waals surface area contributed by atoms with Crippen molar-refractivity contribution in [3.63, 3.8) is 0 Å². The van der Waals surface area contributed by atoms with Gasteiger partial charge in [-0.15, -0.1) is 0 Å². The fraction of sp³-hybridized carbons (Fsp3) is 0.458. The van der Waals surface area contributed by atoms with E-state index in [-0.39, 0.29) is 11.7 Å². The van der Waals surface area contributed by atoms with E-state index in [1.807, 2.05) is 29.2 Å². The van der Waals surface area contributed by atoms with E-state index in [2.05, 4.69) is 26.8 Å². The molecule has 2 aromatic rings. The molecule has 2 heterocycles. The minimum Gasteiger partial charge on any atom is -0.497 e. The van der Waals surface area contributed by atoms with Gasteiger partial charge < -0.3 is 14.5 Å². The summed E-state index contributed by atoms with van der Waals surface area (Å²) in [6.07, 6.45) is 0. The number of methoxy groups -OCH3 is 1. The second-order valence-corrected chi connectivity index (χ2v) is 8.21. The minimum atomic E-state index is -0.158. The molecule has 0 aliphatic carbocycles. The Morgan fingerprint density at radius 3 is 2.32 bits per heavy atom. The van der Waals surface area contributed by atoms with Gasteiger partial charge in [-0.05, 0) is 18.2 Å². The Labute approximate surface area is 183 Å². The number of carbonyl (C=O) groups is 1. The molecule has 4 rings (SSSR count). The number of anilines is 1. The van der Waals surface area contributed by atoms with Crippen LogP contribution in [0.3, 0.4) is 0 Å². The number of carbonyl (C=O) groups excluding carboxylic acids is 1. The van der Waals surface area contributed by atoms with E-state index >= 15 is 0 Å². The maximum atomic E-state index is 13.9. The molecule has 0 radical (unpaired) electrons. The smallest absolute Gasteiger partial charge is 0.236 e. The lowest BCUT2D eigenvalue weighted by atomic mass is 10.2. The lowest BCUT2D eigenvalue weighted by molar-refractivity contribution is -0.134. The lowest BCUT2D eigenvalue weighted by Gasteiger charge is -2.38. The highest BCUT2D eigenvalue weighted by Gasteiger charge is 2.25. The topological polar surface area (TPSA) is 39.3 Å². The molecule has 2 saturated heterocycles. The Morgan fingerprint density at radius 1 is 0.903 bits per heavy atom. The molecular weight excluding hydrogens is 395 g/mol. The minimum absolute atomic E-state index is 0.158. The molecule has 2 aromatic carbocycles. The third-order valence-corrected chi connectivity index (χ3v) is 6.23. The fourth-order valence-corrected chi connectivity index (χ4v) is 4.29. The number of nitrogens with zero attached hydrogens (tertiary/aromatic N) is 4. The summed E-state index contributed by atoms with van der Waals surface area (Å²) in [4.78, 5) is 21.5. The molecule has 1 amide bonds. The highest BCUT2D eigenvalue weighted by molar-refractivity contribution is 5.78. The standard InChI is InChI=1S/C24H31FN4O2/c1-31-22-7-4-6-21(17-22)28-13-9-27(10-14-28)19-24(30)29-15-11-26(12-16-29)18-20-5-2-3-8-23(20)25/h2-8,17H,9-16,18-19H2,1H3. The molecule has 2 fully saturated rings. The SMILES string of the molecule is COc1cccc(N2CCN(CC(=O)N3CCN(Cc4ccccc4F)CC3)CC2)c1. The summed E-state index contributed by atoms with van der Waals surface area (Å²) in [6.45, 7) is 7.59. The highest BCUT2D eigenvalue weighted by Crippen LogP contribution is 2.22. The zero-order valence-electron chi connectivity index (χ0n) is 18.2. The number of hydrogen-bond donors (Lipinski definition) is 0. The first-order valence-corrected chi connectivity index (χ1v) is 11.0. The third kappa shape index (κ3) is 5.54. The van der Waals surface area contributed by atoms with Crippen LogP contribution in [-0.2, 0) is 11.3 Å². The van der Waals surface area contributed by atoms with Crippen LogP contribution >= 0.6 is 0 Å². The Bertz CT molecular complexity index is 877. The van der Waals surface area contributed by atoms with Gasteiger partial charge in [-0.3, -0.25) is 14.6 Å². The van der Waals surface area contributed by atoms with Crippen molar-refractivity contribution in [1.29, 1.82) is 0 Å². The zero-order chi connectivity index (χ0) is 21.6. The second kappa shape index (κ2) is 10.1. The molecule has 166 valence electrons. The van der Waals surface area contributed by atoms with Gasteiger partial charge in [-0.25, -0.2) is 4.39 Å². The molecule has 0 atom stereocenters. The summed E-state index contributed by atoms with van der Waals surface area (Å²) in [7, 11) is 1.68. The third-order valence-electron chi connectivity index (χ3n) is 6.23. The molecule has 6 nitrogen and oxygen atoms in total. The first-order valence-electron chi connectivity index (χ1n) is 11.0. The van der Waals surface area contributed by atoms with Crippen LogP contribution in [0, 0.1) is 5.82 Å². The van der Waals surface area contributed by atoms with Gasteiger partial charge in [0.05, 0.1) is 13.7 Å². The van der Waals surface area contributed by atoms with Gasteiger partial charge in [0.2, 0.25) is 5.91 Å². The van der Waals surface area contributed by atoms with Crippen LogP contribution < -0.4 is 9.64 Å². The van der Waals surface area contributed by atoms with E-state index in [4.69, 9.17) is 4.74 Å². The highest BCUT2D eigenvalue weighted by atomic mass is 19.1. The predicted molar refractivity (Wildman–Crippen MR) is 120 cm³/mol. The molecule has 0 aromatic heterocycles. The van der Waals surface area contributed by atoms with Gasteiger partial charge in [0.25, 0.3) is 0 Å². The van der Waals surface area contributed by atoms with Crippen molar-refractivity contribution in [2.24, 2.45) is 0 Å². The largest absolute Gasteiger partial charge is 0.497 e. The lowest BCUT2D eigenvalue weighted by Crippen LogP contribution is -2.53. The van der Waals surface area contributed by atoms with Crippen molar-refractivity contribution in [3.05, 3.63) is 59.9 Å². The van der Waals surface area contributed by atoms with Crippen LogP contribution in [0.15, 0.2) is 48.5 Å². The van der Waals surface area contributed by atoms with Gasteiger partial charge in [-0.2, -0.15) is 0 Å². The summed E-state index contributed by atoms with van der Waals surface area (Å²) in [5, 5.41) is 0. The molecule has 2 aliphatic heterocycles. The number of rotatable bonds is 6. The van der Waals surface area contributed by atoms with Crippen LogP contribution in [-0.4, -0.2) is 86.6 Å². The first kappa shape index (κ1) is 21.6. The normalized spacial score (nSPS) is 18.3. The zero-order valence-corrected chi connectivity index (χ0v) is 18.2. The number of amides is 1. The predicted octanol–water partition coefficient (Wildman–Crippen LogP) is 2.30. The van der Waals surface area contributed by atoms with Crippen LogP contribution in [0.5, 0.6) is 5.75 Å². The molecule has 2 aliphatic rings. The molecule has 0 bridgehead atoms. The average Bonchev–Trinajstić information content (AvgIpc) is 2.81. The number of ether oxygens (including phenoxy) is 1. The average molecular weight is 427 g/mol. The van der Waals surface area contributed by atoms with Gasteiger partial charge in [0.1, 0.15) is 11.6 Å². The van der Waals surface area contributed by atoms with E-state index in [0.29, 0.717) is 26.2 Å². The summed E-state index contributed by atoms with van der Waals surface area (Å²) in [5.41, 5.74) is 1.88. The van der Waals surface area contributed by atoms with Crippen molar-refractivity contribution < 1.29 is 13.9 Å². The Kier molecular flexibility index (Phi) is 7.04. The molecule has 0 unspecified atom stereocenters. The van der Waals surface area contributed by atoms with Crippen molar-refractivity contribution in [1.82, 2.24) is 14.7 Å². The maximum Gasteiger partial charge on any atom is 0.236 e. The van der Waals surface area contributed by atoms with E-state index in [1.54, 1.807) is 13.2 Å². The number of hydrogen-bond acceptors (Lipinski definition) is 5. The summed E-state index contributed by atoms with van der Waals surface area (Å²) < 4.78 is 19.2. The van der Waals surface area contributed by atoms with E-state index < -0.39 is 0 Å². The maximum absolute atomic E-state index is 13.9. The number of benzene rings is 2. The van der Waals surface area contributed by atoms with Crippen LogP contribution in [0.25, 0.3) is 0 Å². The van der Waals surface area contributed by atoms with Gasteiger partial charge in [-0.1, -0.05) is 24.3 Å². The van der Waals surface area contributed by atoms with Crippen molar-refractivity contribution in [2.75, 3.05) is 70.9 Å². The van der Waals surface area contributed by atoms with Crippen molar-refractivity contribution in [3.8, 4) is 5.75 Å². The van der Waals surface area contributed by atoms with E-state index in [0.717, 1.165) is 56.3 Å². The Morgan fingerprint density at radius 2 is 1.61 bits per heavy atom. The molecule has 0 N–H and O–H groups in total. The number of piperazine rings is 2. The quantitative estimate of drug-likeness (QED) is 0.709. The van der Waals surface area contributed by atoms with E-state index in [9.17, 15) is 9.18 Å². The fourth-order valence-electron chi connectivity index (χ4n) is 4.29. The second-order valence-electron chi connectivity index (χ2n) is 8.21. The monoisotopic (exact) mass is 426 g/mol. The van der Waals surface area contributed by atoms with Crippen molar-refractivity contribution in [2.45, 2.75) is 6.54 Å². The Hall–Kier alpha value is -2.64. The number of halogens is 1. The first-order chi connectivity index (χ1) is 15.1. The van der Waals surface area contributed by atoms with Gasteiger partial charge in [0, 0.05) is 76.2 Å². The van der Waals surface area contributed by atoms with E-state index in [1.165, 1.54) is 6.07 Å². The summed E-state index contributed by atoms with van der Waals surface area (Å²) >= 11 is 0. The van der Waals surface area contributed by atoms with Crippen LogP contribution in [0.1, 0.15) is 5.56 Å². The molecule has 0 spiro atoms. The molecule has 7 heteroatoms. The van der Waals surface area contributed by atoms with Crippen LogP contribution in [0.4, 0.5) is 10.1 Å². The van der Waals surface area contributed by atoms with Crippen LogP contribution in [0.2, 0.25) is 0 Å². The van der Waals surface area contributed by atoms with Gasteiger partial charge in [0.15, 0.2) is 0 Å².